The molecule has 0 spiro atoms. The van der Waals surface area contributed by atoms with Crippen molar-refractivity contribution in [3.8, 4) is 0 Å². The van der Waals surface area contributed by atoms with Gasteiger partial charge in [-0.15, -0.1) is 0 Å². The molecule has 1 N–H and O–H groups in total. The molecule has 0 aromatic heterocycles. The van der Waals surface area contributed by atoms with Gasteiger partial charge in [0.2, 0.25) is 0 Å². The molecular weight excluding hydrogens is 296 g/mol. The lowest BCUT2D eigenvalue weighted by atomic mass is 9.87. The van der Waals surface area contributed by atoms with E-state index in [9.17, 15) is 4.79 Å². The fourth-order valence-corrected chi connectivity index (χ4v) is 3.76. The van der Waals surface area contributed by atoms with Crippen LogP contribution in [0.4, 0.5) is 0 Å². The number of hydrogen-bond acceptors (Lipinski definition) is 1. The molecular formula is C22H44O2. The molecule has 0 fully saturated rings. The molecule has 0 bridgehead atoms. The molecule has 0 saturated carbocycles. The lowest BCUT2D eigenvalue weighted by Crippen LogP contribution is -2.14. The summed E-state index contributed by atoms with van der Waals surface area (Å²) in [5.74, 6) is 0.410. The van der Waals surface area contributed by atoms with Crippen molar-refractivity contribution >= 4 is 5.97 Å². The quantitative estimate of drug-likeness (QED) is 0.279. The highest BCUT2D eigenvalue weighted by atomic mass is 16.4. The third kappa shape index (κ3) is 15.0. The van der Waals surface area contributed by atoms with Crippen molar-refractivity contribution in [2.75, 3.05) is 0 Å². The lowest BCUT2D eigenvalue weighted by molar-refractivity contribution is -0.141. The lowest BCUT2D eigenvalue weighted by Gasteiger charge is -2.19. The zero-order chi connectivity index (χ0) is 18.2. The Bertz CT molecular complexity index is 288. The summed E-state index contributed by atoms with van der Waals surface area (Å²) in [5, 5.41) is 8.98. The molecule has 24 heavy (non-hydrogen) atoms. The largest absolute Gasteiger partial charge is 0.481 e. The predicted molar refractivity (Wildman–Crippen MR) is 105 cm³/mol. The van der Waals surface area contributed by atoms with E-state index in [0.29, 0.717) is 5.92 Å². The molecule has 0 saturated heterocycles. The van der Waals surface area contributed by atoms with Crippen LogP contribution in [0.1, 0.15) is 118 Å². The summed E-state index contributed by atoms with van der Waals surface area (Å²) in [6.45, 7) is 8.64. The van der Waals surface area contributed by atoms with E-state index in [0.717, 1.165) is 12.3 Å². The highest BCUT2D eigenvalue weighted by Gasteiger charge is 2.16. The average Bonchev–Trinajstić information content (AvgIpc) is 2.52. The molecule has 0 aliphatic rings. The van der Waals surface area contributed by atoms with Gasteiger partial charge in [0.05, 0.1) is 5.92 Å². The minimum Gasteiger partial charge on any atom is -0.481 e. The fraction of sp³-hybridized carbons (Fsp3) is 0.955. The first-order valence-corrected chi connectivity index (χ1v) is 10.7. The summed E-state index contributed by atoms with van der Waals surface area (Å²) < 4.78 is 0. The topological polar surface area (TPSA) is 37.3 Å². The average molecular weight is 341 g/mol. The highest BCUT2D eigenvalue weighted by molar-refractivity contribution is 5.69. The number of carboxylic acids is 1. The highest BCUT2D eigenvalue weighted by Crippen LogP contribution is 2.23. The van der Waals surface area contributed by atoms with E-state index >= 15 is 0 Å². The molecule has 0 aromatic carbocycles. The van der Waals surface area contributed by atoms with Crippen molar-refractivity contribution in [3.05, 3.63) is 0 Å². The van der Waals surface area contributed by atoms with Crippen LogP contribution >= 0.6 is 0 Å². The summed E-state index contributed by atoms with van der Waals surface area (Å²) in [7, 11) is 0. The Kier molecular flexibility index (Phi) is 15.6. The number of carbonyl (C=O) groups is 1. The Balaban J connectivity index is 3.39. The van der Waals surface area contributed by atoms with Gasteiger partial charge in [0.1, 0.15) is 0 Å². The smallest absolute Gasteiger partial charge is 0.306 e. The number of rotatable bonds is 17. The number of aliphatic carboxylic acids is 1. The summed E-state index contributed by atoms with van der Waals surface area (Å²) in [6.07, 6.45) is 18.7. The molecule has 0 amide bonds. The maximum absolute atomic E-state index is 10.9. The van der Waals surface area contributed by atoms with Crippen molar-refractivity contribution in [1.29, 1.82) is 0 Å². The Morgan fingerprint density at radius 1 is 0.708 bits per heavy atom. The Morgan fingerprint density at radius 3 is 1.62 bits per heavy atom. The second-order valence-corrected chi connectivity index (χ2v) is 8.25. The molecule has 3 atom stereocenters. The van der Waals surface area contributed by atoms with Crippen LogP contribution in [0.15, 0.2) is 0 Å². The second-order valence-electron chi connectivity index (χ2n) is 8.25. The maximum Gasteiger partial charge on any atom is 0.306 e. The van der Waals surface area contributed by atoms with Gasteiger partial charge in [-0.3, -0.25) is 4.79 Å². The summed E-state index contributed by atoms with van der Waals surface area (Å²) >= 11 is 0. The van der Waals surface area contributed by atoms with Crippen LogP contribution in [0.3, 0.4) is 0 Å². The fourth-order valence-electron chi connectivity index (χ4n) is 3.76. The van der Waals surface area contributed by atoms with Gasteiger partial charge in [0, 0.05) is 0 Å². The van der Waals surface area contributed by atoms with E-state index in [1.54, 1.807) is 0 Å². The van der Waals surface area contributed by atoms with Crippen molar-refractivity contribution < 1.29 is 9.90 Å². The molecule has 0 aliphatic heterocycles. The summed E-state index contributed by atoms with van der Waals surface area (Å²) in [4.78, 5) is 10.9. The van der Waals surface area contributed by atoms with Crippen LogP contribution in [0, 0.1) is 17.8 Å². The van der Waals surface area contributed by atoms with Crippen LogP contribution in [0.2, 0.25) is 0 Å². The van der Waals surface area contributed by atoms with Crippen molar-refractivity contribution in [2.45, 2.75) is 118 Å². The van der Waals surface area contributed by atoms with E-state index in [2.05, 4.69) is 20.8 Å². The van der Waals surface area contributed by atoms with Gasteiger partial charge in [0.15, 0.2) is 0 Å². The molecule has 0 rings (SSSR count). The Hall–Kier alpha value is -0.530. The molecule has 2 nitrogen and oxygen atoms in total. The molecule has 0 aliphatic carbocycles. The molecule has 0 aromatic rings. The zero-order valence-electron chi connectivity index (χ0n) is 17.0. The van der Waals surface area contributed by atoms with Crippen molar-refractivity contribution in [3.63, 3.8) is 0 Å². The van der Waals surface area contributed by atoms with Gasteiger partial charge >= 0.3 is 5.97 Å². The summed E-state index contributed by atoms with van der Waals surface area (Å²) in [5.41, 5.74) is 0. The van der Waals surface area contributed by atoms with E-state index in [1.165, 1.54) is 83.5 Å². The zero-order valence-corrected chi connectivity index (χ0v) is 17.0. The minimum absolute atomic E-state index is 0.200. The van der Waals surface area contributed by atoms with Gasteiger partial charge in [-0.05, 0) is 24.7 Å². The predicted octanol–water partition coefficient (Wildman–Crippen LogP) is 7.46. The van der Waals surface area contributed by atoms with Crippen molar-refractivity contribution in [2.24, 2.45) is 17.8 Å². The number of unbranched alkanes of at least 4 members (excludes halogenated alkanes) is 10. The first-order valence-electron chi connectivity index (χ1n) is 10.7. The molecule has 0 heterocycles. The monoisotopic (exact) mass is 340 g/mol. The molecule has 3 unspecified atom stereocenters. The Morgan fingerprint density at radius 2 is 1.17 bits per heavy atom. The van der Waals surface area contributed by atoms with E-state index < -0.39 is 5.97 Å². The van der Waals surface area contributed by atoms with E-state index in [4.69, 9.17) is 5.11 Å². The molecule has 144 valence electrons. The van der Waals surface area contributed by atoms with Crippen LogP contribution in [-0.4, -0.2) is 11.1 Å². The van der Waals surface area contributed by atoms with Gasteiger partial charge in [-0.2, -0.15) is 0 Å². The van der Waals surface area contributed by atoms with Gasteiger partial charge < -0.3 is 5.11 Å². The van der Waals surface area contributed by atoms with Crippen LogP contribution < -0.4 is 0 Å². The van der Waals surface area contributed by atoms with Gasteiger partial charge in [-0.25, -0.2) is 0 Å². The Labute approximate surface area is 151 Å². The normalized spacial score (nSPS) is 15.2. The van der Waals surface area contributed by atoms with Gasteiger partial charge in [0.25, 0.3) is 0 Å². The SMILES string of the molecule is CCCCCCCCCCCCCC(C)CC(C)CC(C)C(=O)O. The minimum atomic E-state index is -0.653. The standard InChI is InChI=1S/C22H44O2/c1-5-6-7-8-9-10-11-12-13-14-15-16-19(2)17-20(3)18-21(4)22(23)24/h19-21H,5-18H2,1-4H3,(H,23,24). The molecule has 0 radical (unpaired) electrons. The van der Waals surface area contributed by atoms with E-state index in [-0.39, 0.29) is 5.92 Å². The van der Waals surface area contributed by atoms with Crippen molar-refractivity contribution in [1.82, 2.24) is 0 Å². The van der Waals surface area contributed by atoms with E-state index in [1.807, 2.05) is 6.92 Å². The number of hydrogen-bond donors (Lipinski definition) is 1. The summed E-state index contributed by atoms with van der Waals surface area (Å²) in [6, 6.07) is 0. The first-order chi connectivity index (χ1) is 11.5. The molecule has 2 heteroatoms. The second kappa shape index (κ2) is 16.0. The maximum atomic E-state index is 10.9. The first kappa shape index (κ1) is 23.5. The third-order valence-corrected chi connectivity index (χ3v) is 5.28. The van der Waals surface area contributed by atoms with Crippen LogP contribution in [0.5, 0.6) is 0 Å². The number of carboxylic acid groups (broad SMARTS) is 1. The van der Waals surface area contributed by atoms with Crippen LogP contribution in [0.25, 0.3) is 0 Å². The third-order valence-electron chi connectivity index (χ3n) is 5.28. The van der Waals surface area contributed by atoms with Gasteiger partial charge in [-0.1, -0.05) is 105 Å². The van der Waals surface area contributed by atoms with Crippen LogP contribution in [-0.2, 0) is 4.79 Å².